The number of hydrogen-bond acceptors (Lipinski definition) is 1. The van der Waals surface area contributed by atoms with Crippen LogP contribution in [0.5, 0.6) is 0 Å². The average Bonchev–Trinajstić information content (AvgIpc) is 2.46. The molecule has 1 nitrogen and oxygen atoms in total. The third kappa shape index (κ3) is 4.82. The lowest BCUT2D eigenvalue weighted by molar-refractivity contribution is 0.151. The van der Waals surface area contributed by atoms with E-state index >= 15 is 0 Å². The van der Waals surface area contributed by atoms with Crippen molar-refractivity contribution in [3.63, 3.8) is 0 Å². The molecule has 106 valence electrons. The fourth-order valence-electron chi connectivity index (χ4n) is 2.35. The second-order valence-electron chi connectivity index (χ2n) is 5.50. The zero-order valence-electron chi connectivity index (χ0n) is 12.4. The lowest BCUT2D eigenvalue weighted by Crippen LogP contribution is -1.97. The summed E-state index contributed by atoms with van der Waals surface area (Å²) in [6.45, 7) is 7.38. The third-order valence-corrected chi connectivity index (χ3v) is 3.42. The highest BCUT2D eigenvalue weighted by atomic mass is 16.5. The topological polar surface area (TPSA) is 9.23 Å². The molecule has 0 N–H and O–H groups in total. The van der Waals surface area contributed by atoms with Gasteiger partial charge in [-0.3, -0.25) is 0 Å². The molecule has 0 bridgehead atoms. The second-order valence-corrected chi connectivity index (χ2v) is 5.50. The van der Waals surface area contributed by atoms with Gasteiger partial charge in [0.25, 0.3) is 0 Å². The number of unbranched alkanes of at least 4 members (excludes halogenated alkanes) is 2. The molecular weight excluding hydrogens is 244 g/mol. The van der Waals surface area contributed by atoms with Gasteiger partial charge >= 0.3 is 0 Å². The highest BCUT2D eigenvalue weighted by molar-refractivity contribution is 5.82. The Labute approximate surface area is 122 Å². The van der Waals surface area contributed by atoms with E-state index in [1.54, 1.807) is 0 Å². The van der Waals surface area contributed by atoms with Crippen LogP contribution in [-0.4, -0.2) is 13.2 Å². The van der Waals surface area contributed by atoms with Gasteiger partial charge in [-0.2, -0.15) is 0 Å². The van der Waals surface area contributed by atoms with Crippen molar-refractivity contribution >= 4 is 10.8 Å². The molecular formula is C19H24O. The molecule has 0 aromatic heterocycles. The fourth-order valence-corrected chi connectivity index (χ4v) is 2.35. The molecule has 0 saturated carbocycles. The molecule has 0 amide bonds. The molecule has 0 heterocycles. The maximum atomic E-state index is 5.51. The second kappa shape index (κ2) is 7.86. The summed E-state index contributed by atoms with van der Waals surface area (Å²) in [7, 11) is 0. The van der Waals surface area contributed by atoms with Crippen molar-refractivity contribution in [1.82, 2.24) is 0 Å². The van der Waals surface area contributed by atoms with Gasteiger partial charge in [0.15, 0.2) is 0 Å². The van der Waals surface area contributed by atoms with E-state index < -0.39 is 0 Å². The van der Waals surface area contributed by atoms with Gasteiger partial charge in [0.2, 0.25) is 0 Å². The van der Waals surface area contributed by atoms with Crippen LogP contribution in [0.4, 0.5) is 0 Å². The van der Waals surface area contributed by atoms with Crippen LogP contribution in [0.25, 0.3) is 10.8 Å². The predicted octanol–water partition coefficient (Wildman–Crippen LogP) is 5.15. The van der Waals surface area contributed by atoms with E-state index in [-0.39, 0.29) is 0 Å². The molecule has 0 spiro atoms. The van der Waals surface area contributed by atoms with Crippen LogP contribution in [0.15, 0.2) is 54.6 Å². The summed E-state index contributed by atoms with van der Waals surface area (Å²) >= 11 is 0. The highest BCUT2D eigenvalue weighted by Crippen LogP contribution is 2.17. The van der Waals surface area contributed by atoms with Gasteiger partial charge in [0, 0.05) is 6.61 Å². The minimum atomic E-state index is 0.699. The van der Waals surface area contributed by atoms with Gasteiger partial charge in [-0.25, -0.2) is 0 Å². The van der Waals surface area contributed by atoms with Crippen molar-refractivity contribution < 1.29 is 4.74 Å². The third-order valence-electron chi connectivity index (χ3n) is 3.42. The predicted molar refractivity (Wildman–Crippen MR) is 87.1 cm³/mol. The van der Waals surface area contributed by atoms with E-state index in [1.165, 1.54) is 29.2 Å². The molecule has 2 rings (SSSR count). The van der Waals surface area contributed by atoms with Gasteiger partial charge in [0.1, 0.15) is 0 Å². The summed E-state index contributed by atoms with van der Waals surface area (Å²) < 4.78 is 5.51. The van der Waals surface area contributed by atoms with Crippen molar-refractivity contribution in [3.8, 4) is 0 Å². The molecule has 0 unspecified atom stereocenters. The first-order chi connectivity index (χ1) is 9.75. The number of hydrogen-bond donors (Lipinski definition) is 0. The number of fused-ring (bicyclic) bond motifs is 1. The zero-order valence-corrected chi connectivity index (χ0v) is 12.4. The quantitative estimate of drug-likeness (QED) is 0.475. The summed E-state index contributed by atoms with van der Waals surface area (Å²) in [4.78, 5) is 0. The Morgan fingerprint density at radius 1 is 1.00 bits per heavy atom. The van der Waals surface area contributed by atoms with Gasteiger partial charge in [-0.15, -0.1) is 0 Å². The number of ether oxygens (including phenoxy) is 1. The van der Waals surface area contributed by atoms with Crippen LogP contribution >= 0.6 is 0 Å². The smallest absolute Gasteiger partial charge is 0.0671 e. The normalized spacial score (nSPS) is 10.8. The minimum absolute atomic E-state index is 0.699. The summed E-state index contributed by atoms with van der Waals surface area (Å²) in [6, 6.07) is 15.3. The van der Waals surface area contributed by atoms with E-state index in [4.69, 9.17) is 4.74 Å². The number of aryl methyl sites for hydroxylation is 1. The lowest BCUT2D eigenvalue weighted by atomic mass is 10.0. The van der Waals surface area contributed by atoms with Gasteiger partial charge in [-0.1, -0.05) is 61.0 Å². The molecule has 0 fully saturated rings. The van der Waals surface area contributed by atoms with Crippen molar-refractivity contribution in [2.45, 2.75) is 32.6 Å². The Balaban J connectivity index is 1.69. The molecule has 0 radical (unpaired) electrons. The Bertz CT molecular complexity index is 556. The Kier molecular flexibility index (Phi) is 5.82. The monoisotopic (exact) mass is 268 g/mol. The highest BCUT2D eigenvalue weighted by Gasteiger charge is 1.97. The first-order valence-electron chi connectivity index (χ1n) is 7.45. The molecule has 0 atom stereocenters. The van der Waals surface area contributed by atoms with Crippen LogP contribution in [0.2, 0.25) is 0 Å². The van der Waals surface area contributed by atoms with E-state index in [0.29, 0.717) is 6.61 Å². The number of benzene rings is 2. The van der Waals surface area contributed by atoms with Crippen molar-refractivity contribution in [3.05, 3.63) is 60.2 Å². The summed E-state index contributed by atoms with van der Waals surface area (Å²) in [6.07, 6.45) is 4.75. The zero-order chi connectivity index (χ0) is 14.2. The van der Waals surface area contributed by atoms with E-state index in [2.05, 4.69) is 49.0 Å². The minimum Gasteiger partial charge on any atom is -0.377 e. The molecule has 0 aliphatic rings. The molecule has 2 aromatic rings. The van der Waals surface area contributed by atoms with Crippen molar-refractivity contribution in [1.29, 1.82) is 0 Å². The summed E-state index contributed by atoms with van der Waals surface area (Å²) in [5.41, 5.74) is 2.53. The standard InChI is InChI=1S/C19H24O/c1-16(2)15-20-13-7-3-4-8-17-11-12-18-9-5-6-10-19(18)14-17/h5-6,9-12,14H,1,3-4,7-8,13,15H2,2H3. The van der Waals surface area contributed by atoms with Gasteiger partial charge in [-0.05, 0) is 42.5 Å². The van der Waals surface area contributed by atoms with E-state index in [9.17, 15) is 0 Å². The molecule has 0 saturated heterocycles. The maximum absolute atomic E-state index is 5.51. The van der Waals surface area contributed by atoms with Gasteiger partial charge in [0.05, 0.1) is 6.61 Å². The number of rotatable bonds is 8. The molecule has 20 heavy (non-hydrogen) atoms. The molecule has 0 aliphatic carbocycles. The first kappa shape index (κ1) is 14.8. The maximum Gasteiger partial charge on any atom is 0.0671 e. The largest absolute Gasteiger partial charge is 0.377 e. The van der Waals surface area contributed by atoms with Crippen molar-refractivity contribution in [2.24, 2.45) is 0 Å². The van der Waals surface area contributed by atoms with Crippen LogP contribution in [0.1, 0.15) is 31.7 Å². The summed E-state index contributed by atoms with van der Waals surface area (Å²) in [5.74, 6) is 0. The Morgan fingerprint density at radius 2 is 1.80 bits per heavy atom. The van der Waals surface area contributed by atoms with Crippen LogP contribution in [0.3, 0.4) is 0 Å². The Morgan fingerprint density at radius 3 is 2.60 bits per heavy atom. The van der Waals surface area contributed by atoms with Crippen LogP contribution in [0, 0.1) is 0 Å². The van der Waals surface area contributed by atoms with Crippen molar-refractivity contribution in [2.75, 3.05) is 13.2 Å². The van der Waals surface area contributed by atoms with E-state index in [1.807, 2.05) is 6.92 Å². The van der Waals surface area contributed by atoms with Gasteiger partial charge < -0.3 is 4.74 Å². The van der Waals surface area contributed by atoms with Crippen LogP contribution < -0.4 is 0 Å². The SMILES string of the molecule is C=C(C)COCCCCCc1ccc2ccccc2c1. The van der Waals surface area contributed by atoms with Crippen LogP contribution in [-0.2, 0) is 11.2 Å². The fraction of sp³-hybridized carbons (Fsp3) is 0.368. The summed E-state index contributed by atoms with van der Waals surface area (Å²) in [5, 5.41) is 2.67. The molecule has 2 aromatic carbocycles. The first-order valence-corrected chi connectivity index (χ1v) is 7.45. The van der Waals surface area contributed by atoms with E-state index in [0.717, 1.165) is 25.0 Å². The molecule has 1 heteroatoms. The Hall–Kier alpha value is -1.60. The molecule has 0 aliphatic heterocycles. The lowest BCUT2D eigenvalue weighted by Gasteiger charge is -2.05. The average molecular weight is 268 g/mol.